The molecule has 1 amide bonds. The topological polar surface area (TPSA) is 72.7 Å². The molecular formula is C19H14FN5OS. The van der Waals surface area contributed by atoms with Crippen molar-refractivity contribution in [3.63, 3.8) is 0 Å². The normalized spacial score (nSPS) is 10.7. The molecule has 1 N–H and O–H groups in total. The summed E-state index contributed by atoms with van der Waals surface area (Å²) in [6, 6.07) is 11.3. The van der Waals surface area contributed by atoms with Gasteiger partial charge in [-0.3, -0.25) is 15.1 Å². The number of amides is 1. The van der Waals surface area contributed by atoms with Gasteiger partial charge in [-0.15, -0.1) is 11.3 Å². The van der Waals surface area contributed by atoms with Gasteiger partial charge in [0.05, 0.1) is 17.1 Å². The summed E-state index contributed by atoms with van der Waals surface area (Å²) < 4.78 is 14.9. The first-order chi connectivity index (χ1) is 13.1. The molecule has 0 aliphatic heterocycles. The Balaban J connectivity index is 1.75. The Bertz CT molecular complexity index is 1090. The number of pyridine rings is 1. The fourth-order valence-corrected chi connectivity index (χ4v) is 3.26. The van der Waals surface area contributed by atoms with Gasteiger partial charge in [0.2, 0.25) is 0 Å². The van der Waals surface area contributed by atoms with Gasteiger partial charge in [0, 0.05) is 23.3 Å². The van der Waals surface area contributed by atoms with Crippen LogP contribution in [0.4, 0.5) is 9.52 Å². The summed E-state index contributed by atoms with van der Waals surface area (Å²) in [6.07, 6.45) is 3.32. The van der Waals surface area contributed by atoms with Crippen molar-refractivity contribution in [3.05, 3.63) is 77.4 Å². The molecule has 0 atom stereocenters. The Morgan fingerprint density at radius 1 is 1.15 bits per heavy atom. The molecule has 0 aliphatic carbocycles. The monoisotopic (exact) mass is 379 g/mol. The average Bonchev–Trinajstić information content (AvgIpc) is 3.30. The van der Waals surface area contributed by atoms with E-state index in [0.29, 0.717) is 16.5 Å². The highest BCUT2D eigenvalue weighted by Crippen LogP contribution is 2.24. The SMILES string of the molecule is Cc1csc(NC(=O)c2cc(-c3ccncc3)n(-c3ccc(F)cc3)n2)n1. The van der Waals surface area contributed by atoms with Gasteiger partial charge in [-0.1, -0.05) is 0 Å². The lowest BCUT2D eigenvalue weighted by molar-refractivity contribution is 0.102. The summed E-state index contributed by atoms with van der Waals surface area (Å²) in [7, 11) is 0. The summed E-state index contributed by atoms with van der Waals surface area (Å²) in [4.78, 5) is 20.9. The maximum Gasteiger partial charge on any atom is 0.277 e. The molecule has 4 rings (SSSR count). The Morgan fingerprint density at radius 3 is 2.56 bits per heavy atom. The Hall–Kier alpha value is -3.39. The van der Waals surface area contributed by atoms with Crippen LogP contribution in [-0.2, 0) is 0 Å². The molecule has 0 saturated heterocycles. The van der Waals surface area contributed by atoms with Crippen molar-refractivity contribution in [2.45, 2.75) is 6.92 Å². The third-order valence-corrected chi connectivity index (χ3v) is 4.70. The number of carbonyl (C=O) groups excluding carboxylic acids is 1. The number of benzene rings is 1. The molecule has 0 bridgehead atoms. The van der Waals surface area contributed by atoms with Crippen LogP contribution in [0.1, 0.15) is 16.2 Å². The maximum absolute atomic E-state index is 13.3. The van der Waals surface area contributed by atoms with Gasteiger partial charge >= 0.3 is 0 Å². The van der Waals surface area contributed by atoms with E-state index in [1.54, 1.807) is 35.3 Å². The molecule has 6 nitrogen and oxygen atoms in total. The number of halogens is 1. The van der Waals surface area contributed by atoms with Gasteiger partial charge in [0.1, 0.15) is 5.82 Å². The van der Waals surface area contributed by atoms with Gasteiger partial charge in [-0.25, -0.2) is 14.1 Å². The molecule has 27 heavy (non-hydrogen) atoms. The number of rotatable bonds is 4. The number of anilines is 1. The zero-order valence-electron chi connectivity index (χ0n) is 14.3. The van der Waals surface area contributed by atoms with Crippen LogP contribution in [0.5, 0.6) is 0 Å². The standard InChI is InChI=1S/C19H14FN5OS/c1-12-11-27-19(22-12)23-18(26)16-10-17(13-6-8-21-9-7-13)25(24-16)15-4-2-14(20)3-5-15/h2-11H,1H3,(H,22,23,26). The zero-order chi connectivity index (χ0) is 18.8. The Morgan fingerprint density at radius 2 is 1.89 bits per heavy atom. The molecule has 0 unspecified atom stereocenters. The van der Waals surface area contributed by atoms with Crippen molar-refractivity contribution in [2.24, 2.45) is 0 Å². The van der Waals surface area contributed by atoms with Crippen molar-refractivity contribution in [1.29, 1.82) is 0 Å². The van der Waals surface area contributed by atoms with Crippen LogP contribution in [0.25, 0.3) is 16.9 Å². The lowest BCUT2D eigenvalue weighted by Crippen LogP contribution is -2.13. The van der Waals surface area contributed by atoms with E-state index in [-0.39, 0.29) is 17.4 Å². The first-order valence-corrected chi connectivity index (χ1v) is 8.98. The summed E-state index contributed by atoms with van der Waals surface area (Å²) in [5.74, 6) is -0.700. The first-order valence-electron chi connectivity index (χ1n) is 8.10. The third-order valence-electron chi connectivity index (χ3n) is 3.83. The second-order valence-corrected chi connectivity index (χ2v) is 6.65. The number of hydrogen-bond acceptors (Lipinski definition) is 5. The van der Waals surface area contributed by atoms with Crippen LogP contribution >= 0.6 is 11.3 Å². The number of nitrogens with zero attached hydrogens (tertiary/aromatic N) is 4. The molecule has 0 spiro atoms. The van der Waals surface area contributed by atoms with Gasteiger partial charge < -0.3 is 0 Å². The molecule has 3 aromatic heterocycles. The van der Waals surface area contributed by atoms with E-state index in [9.17, 15) is 9.18 Å². The molecule has 134 valence electrons. The number of aryl methyl sites for hydroxylation is 1. The van der Waals surface area contributed by atoms with Crippen LogP contribution < -0.4 is 5.32 Å². The van der Waals surface area contributed by atoms with Crippen LogP contribution in [0.15, 0.2) is 60.2 Å². The van der Waals surface area contributed by atoms with Crippen molar-refractivity contribution in [3.8, 4) is 16.9 Å². The van der Waals surface area contributed by atoms with E-state index < -0.39 is 0 Å². The van der Waals surface area contributed by atoms with Crippen LogP contribution in [0.2, 0.25) is 0 Å². The largest absolute Gasteiger partial charge is 0.296 e. The Kier molecular flexibility index (Phi) is 4.47. The van der Waals surface area contributed by atoms with Crippen LogP contribution in [0, 0.1) is 12.7 Å². The second-order valence-electron chi connectivity index (χ2n) is 5.79. The molecule has 0 aliphatic rings. The Labute approximate surface area is 158 Å². The molecule has 4 aromatic rings. The molecule has 0 saturated carbocycles. The van der Waals surface area contributed by atoms with Crippen molar-refractivity contribution < 1.29 is 9.18 Å². The predicted molar refractivity (Wildman–Crippen MR) is 102 cm³/mol. The molecule has 8 heteroatoms. The first kappa shape index (κ1) is 17.0. The molecular weight excluding hydrogens is 365 g/mol. The number of nitrogens with one attached hydrogen (secondary N) is 1. The van der Waals surface area contributed by atoms with Gasteiger partial charge in [-0.05, 0) is 49.4 Å². The zero-order valence-corrected chi connectivity index (χ0v) is 15.1. The lowest BCUT2D eigenvalue weighted by atomic mass is 10.2. The minimum absolute atomic E-state index is 0.235. The quantitative estimate of drug-likeness (QED) is 0.580. The number of carbonyl (C=O) groups is 1. The molecule has 0 radical (unpaired) electrons. The molecule has 1 aromatic carbocycles. The van der Waals surface area contributed by atoms with Crippen LogP contribution in [0.3, 0.4) is 0 Å². The van der Waals surface area contributed by atoms with E-state index in [1.165, 1.54) is 23.5 Å². The highest BCUT2D eigenvalue weighted by atomic mass is 32.1. The van der Waals surface area contributed by atoms with E-state index >= 15 is 0 Å². The summed E-state index contributed by atoms with van der Waals surface area (Å²) in [5.41, 5.74) is 3.26. The lowest BCUT2D eigenvalue weighted by Gasteiger charge is -2.07. The summed E-state index contributed by atoms with van der Waals surface area (Å²) in [5, 5.41) is 9.55. The fraction of sp³-hybridized carbons (Fsp3) is 0.0526. The highest BCUT2D eigenvalue weighted by Gasteiger charge is 2.18. The molecule has 3 heterocycles. The highest BCUT2D eigenvalue weighted by molar-refractivity contribution is 7.13. The van der Waals surface area contributed by atoms with E-state index in [0.717, 1.165) is 11.3 Å². The van der Waals surface area contributed by atoms with Gasteiger partial charge in [0.15, 0.2) is 10.8 Å². The number of aromatic nitrogens is 4. The predicted octanol–water partition coefficient (Wildman–Crippen LogP) is 4.09. The van der Waals surface area contributed by atoms with Gasteiger partial charge in [-0.2, -0.15) is 5.10 Å². The summed E-state index contributed by atoms with van der Waals surface area (Å²) in [6.45, 7) is 1.86. The fourth-order valence-electron chi connectivity index (χ4n) is 2.57. The van der Waals surface area contributed by atoms with Crippen molar-refractivity contribution in [1.82, 2.24) is 19.7 Å². The van der Waals surface area contributed by atoms with E-state index in [4.69, 9.17) is 0 Å². The minimum atomic E-state index is -0.361. The third kappa shape index (κ3) is 3.61. The summed E-state index contributed by atoms with van der Waals surface area (Å²) >= 11 is 1.35. The maximum atomic E-state index is 13.3. The van der Waals surface area contributed by atoms with Crippen molar-refractivity contribution in [2.75, 3.05) is 5.32 Å². The number of thiazole rings is 1. The van der Waals surface area contributed by atoms with Gasteiger partial charge in [0.25, 0.3) is 5.91 Å². The minimum Gasteiger partial charge on any atom is -0.296 e. The van der Waals surface area contributed by atoms with Crippen molar-refractivity contribution >= 4 is 22.4 Å². The molecule has 0 fully saturated rings. The van der Waals surface area contributed by atoms with E-state index in [2.05, 4.69) is 20.4 Å². The second kappa shape index (κ2) is 7.08. The number of hydrogen-bond donors (Lipinski definition) is 1. The smallest absolute Gasteiger partial charge is 0.277 e. The van der Waals surface area contributed by atoms with Crippen LogP contribution in [-0.4, -0.2) is 25.7 Å². The van der Waals surface area contributed by atoms with E-state index in [1.807, 2.05) is 24.4 Å². The average molecular weight is 379 g/mol.